The second-order valence-electron chi connectivity index (χ2n) is 5.78. The predicted octanol–water partition coefficient (Wildman–Crippen LogP) is 3.71. The predicted molar refractivity (Wildman–Crippen MR) is 98.2 cm³/mol. The maximum Gasteiger partial charge on any atom is 0.261 e. The number of hydrogen-bond acceptors (Lipinski definition) is 3. The highest BCUT2D eigenvalue weighted by atomic mass is 35.5. The zero-order valence-electron chi connectivity index (χ0n) is 13.3. The minimum Gasteiger partial charge on any atom is -0.375 e. The molecule has 5 heteroatoms. The summed E-state index contributed by atoms with van der Waals surface area (Å²) in [5, 5.41) is 13.7. The molecule has 126 valence electrons. The van der Waals surface area contributed by atoms with Crippen molar-refractivity contribution in [3.05, 3.63) is 82.9 Å². The summed E-state index contributed by atoms with van der Waals surface area (Å²) in [7, 11) is 0. The molecule has 3 rings (SSSR count). The maximum atomic E-state index is 12.2. The van der Waals surface area contributed by atoms with Crippen LogP contribution < -0.4 is 5.32 Å². The van der Waals surface area contributed by atoms with E-state index in [1.807, 2.05) is 36.4 Å². The van der Waals surface area contributed by atoms with Crippen LogP contribution in [0.15, 0.2) is 66.8 Å². The number of hydrogen-bond donors (Lipinski definition) is 2. The first-order chi connectivity index (χ1) is 12.0. The smallest absolute Gasteiger partial charge is 0.261 e. The average molecular weight is 354 g/mol. The van der Waals surface area contributed by atoms with Crippen molar-refractivity contribution in [1.82, 2.24) is 0 Å². The van der Waals surface area contributed by atoms with Gasteiger partial charge in [0.05, 0.1) is 6.42 Å². The maximum absolute atomic E-state index is 12.2. The van der Waals surface area contributed by atoms with Crippen molar-refractivity contribution >= 4 is 35.1 Å². The first-order valence-electron chi connectivity index (χ1n) is 7.75. The van der Waals surface area contributed by atoms with Gasteiger partial charge in [0, 0.05) is 16.3 Å². The molecule has 0 radical (unpaired) electrons. The molecule has 0 fully saturated rings. The Bertz CT molecular complexity index is 874. The molecule has 0 unspecified atom stereocenters. The lowest BCUT2D eigenvalue weighted by Gasteiger charge is -2.19. The van der Waals surface area contributed by atoms with Crippen molar-refractivity contribution in [2.45, 2.75) is 12.0 Å². The number of ketones is 1. The van der Waals surface area contributed by atoms with Crippen molar-refractivity contribution < 1.29 is 14.7 Å². The van der Waals surface area contributed by atoms with Crippen LogP contribution in [0, 0.1) is 0 Å². The molecule has 25 heavy (non-hydrogen) atoms. The first-order valence-corrected chi connectivity index (χ1v) is 8.13. The van der Waals surface area contributed by atoms with E-state index in [0.717, 1.165) is 5.56 Å². The van der Waals surface area contributed by atoms with Gasteiger partial charge in [0.15, 0.2) is 11.4 Å². The van der Waals surface area contributed by atoms with Gasteiger partial charge in [0.2, 0.25) is 0 Å². The number of carbonyl (C=O) groups excluding carboxylic acids is 2. The zero-order chi connectivity index (χ0) is 17.9. The largest absolute Gasteiger partial charge is 0.375 e. The number of rotatable bonds is 5. The molecule has 0 saturated heterocycles. The van der Waals surface area contributed by atoms with E-state index in [1.165, 1.54) is 12.1 Å². The van der Waals surface area contributed by atoms with Crippen molar-refractivity contribution in [3.8, 4) is 0 Å². The Morgan fingerprint density at radius 3 is 2.68 bits per heavy atom. The molecule has 1 heterocycles. The molecule has 0 aromatic heterocycles. The van der Waals surface area contributed by atoms with Gasteiger partial charge in [0.1, 0.15) is 0 Å². The summed E-state index contributed by atoms with van der Waals surface area (Å²) in [5.74, 6) is -0.977. The summed E-state index contributed by atoms with van der Waals surface area (Å²) in [4.78, 5) is 24.3. The van der Waals surface area contributed by atoms with Crippen LogP contribution in [-0.4, -0.2) is 16.8 Å². The molecule has 0 bridgehead atoms. The monoisotopic (exact) mass is 353 g/mol. The molecule has 2 aromatic rings. The Balaban J connectivity index is 1.71. The van der Waals surface area contributed by atoms with E-state index in [4.69, 9.17) is 11.6 Å². The summed E-state index contributed by atoms with van der Waals surface area (Å²) in [6, 6.07) is 14.4. The molecule has 2 N–H and O–H groups in total. The van der Waals surface area contributed by atoms with Crippen LogP contribution in [0.5, 0.6) is 0 Å². The molecule has 1 amide bonds. The van der Waals surface area contributed by atoms with E-state index in [0.29, 0.717) is 16.3 Å². The third-order valence-corrected chi connectivity index (χ3v) is 4.20. The van der Waals surface area contributed by atoms with E-state index in [1.54, 1.807) is 24.3 Å². The molecule has 0 aliphatic carbocycles. The van der Waals surface area contributed by atoms with E-state index in [9.17, 15) is 14.7 Å². The zero-order valence-corrected chi connectivity index (χ0v) is 14.0. The minimum atomic E-state index is -1.90. The Kier molecular flexibility index (Phi) is 4.83. The standard InChI is InChI=1S/C20H16ClNO3/c21-15-10-11-18-17(12-15)20(25,19(24)22-18)13-16(23)9-5-4-8-14-6-2-1-3-7-14/h1-12,25H,13H2,(H,22,24)/b8-4+,9-5+/t20-/m1/s1. The number of allylic oxidation sites excluding steroid dienone is 3. The van der Waals surface area contributed by atoms with E-state index in [2.05, 4.69) is 5.32 Å². The summed E-state index contributed by atoms with van der Waals surface area (Å²) >= 11 is 5.94. The molecular weight excluding hydrogens is 338 g/mol. The van der Waals surface area contributed by atoms with Gasteiger partial charge in [-0.3, -0.25) is 9.59 Å². The molecule has 1 atom stereocenters. The number of benzene rings is 2. The fourth-order valence-electron chi connectivity index (χ4n) is 2.70. The molecule has 0 spiro atoms. The number of anilines is 1. The van der Waals surface area contributed by atoms with Gasteiger partial charge < -0.3 is 10.4 Å². The number of amides is 1. The SMILES string of the molecule is O=C(/C=C/C=C/c1ccccc1)C[C@]1(O)C(=O)Nc2ccc(Cl)cc21. The van der Waals surface area contributed by atoms with E-state index < -0.39 is 11.5 Å². The number of nitrogens with one attached hydrogen (secondary N) is 1. The lowest BCUT2D eigenvalue weighted by Crippen LogP contribution is -2.36. The van der Waals surface area contributed by atoms with Crippen molar-refractivity contribution in [2.75, 3.05) is 5.32 Å². The average Bonchev–Trinajstić information content (AvgIpc) is 2.83. The third kappa shape index (κ3) is 3.71. The molecule has 0 saturated carbocycles. The first kappa shape index (κ1) is 17.1. The number of aliphatic hydroxyl groups is 1. The van der Waals surface area contributed by atoms with Crippen LogP contribution in [0.1, 0.15) is 17.5 Å². The van der Waals surface area contributed by atoms with Crippen molar-refractivity contribution in [2.24, 2.45) is 0 Å². The van der Waals surface area contributed by atoms with Gasteiger partial charge in [-0.1, -0.05) is 60.2 Å². The molecule has 4 nitrogen and oxygen atoms in total. The van der Waals surface area contributed by atoms with Gasteiger partial charge in [-0.15, -0.1) is 0 Å². The number of halogens is 1. The fraction of sp³-hybridized carbons (Fsp3) is 0.100. The van der Waals surface area contributed by atoms with Crippen molar-refractivity contribution in [3.63, 3.8) is 0 Å². The third-order valence-electron chi connectivity index (χ3n) is 3.96. The van der Waals surface area contributed by atoms with E-state index in [-0.39, 0.29) is 12.2 Å². The van der Waals surface area contributed by atoms with Crippen LogP contribution in [-0.2, 0) is 15.2 Å². The quantitative estimate of drug-likeness (QED) is 0.636. The van der Waals surface area contributed by atoms with Gasteiger partial charge in [-0.2, -0.15) is 0 Å². The van der Waals surface area contributed by atoms with Crippen LogP contribution in [0.3, 0.4) is 0 Å². The highest BCUT2D eigenvalue weighted by Gasteiger charge is 2.46. The summed E-state index contributed by atoms with van der Waals surface area (Å²) < 4.78 is 0. The topological polar surface area (TPSA) is 66.4 Å². The van der Waals surface area contributed by atoms with Gasteiger partial charge >= 0.3 is 0 Å². The highest BCUT2D eigenvalue weighted by molar-refractivity contribution is 6.31. The van der Waals surface area contributed by atoms with Crippen LogP contribution >= 0.6 is 11.6 Å². The molecule has 1 aliphatic rings. The number of carbonyl (C=O) groups is 2. The summed E-state index contributed by atoms with van der Waals surface area (Å²) in [6.45, 7) is 0. The van der Waals surface area contributed by atoms with Crippen LogP contribution in [0.25, 0.3) is 6.08 Å². The Hall–Kier alpha value is -2.69. The highest BCUT2D eigenvalue weighted by Crippen LogP contribution is 2.39. The molecule has 2 aromatic carbocycles. The van der Waals surface area contributed by atoms with Gasteiger partial charge in [0.25, 0.3) is 5.91 Å². The minimum absolute atomic E-state index is 0.326. The van der Waals surface area contributed by atoms with Gasteiger partial charge in [-0.05, 0) is 29.8 Å². The fourth-order valence-corrected chi connectivity index (χ4v) is 2.87. The van der Waals surface area contributed by atoms with Crippen molar-refractivity contribution in [1.29, 1.82) is 0 Å². The lowest BCUT2D eigenvalue weighted by atomic mass is 9.90. The number of fused-ring (bicyclic) bond motifs is 1. The normalized spacial score (nSPS) is 19.4. The lowest BCUT2D eigenvalue weighted by molar-refractivity contribution is -0.138. The van der Waals surface area contributed by atoms with Crippen LogP contribution in [0.4, 0.5) is 5.69 Å². The van der Waals surface area contributed by atoms with Crippen LogP contribution in [0.2, 0.25) is 5.02 Å². The molecule has 1 aliphatic heterocycles. The second kappa shape index (κ2) is 7.05. The Morgan fingerprint density at radius 2 is 1.92 bits per heavy atom. The Labute approximate surface area is 150 Å². The summed E-state index contributed by atoms with van der Waals surface area (Å²) in [6.07, 6.45) is 6.17. The summed E-state index contributed by atoms with van der Waals surface area (Å²) in [5.41, 5.74) is -0.0914. The Morgan fingerprint density at radius 1 is 1.16 bits per heavy atom. The molecular formula is C20H16ClNO3. The van der Waals surface area contributed by atoms with E-state index >= 15 is 0 Å². The van der Waals surface area contributed by atoms with Gasteiger partial charge in [-0.25, -0.2) is 0 Å². The second-order valence-corrected chi connectivity index (χ2v) is 6.21.